The molecule has 1 nitrogen and oxygen atoms in total. The molecule has 1 fully saturated rings. The minimum atomic E-state index is 0.741. The molecule has 4 aromatic rings. The van der Waals surface area contributed by atoms with Crippen LogP contribution in [0.5, 0.6) is 0 Å². The molecule has 0 aliphatic heterocycles. The second-order valence-electron chi connectivity index (χ2n) is 8.32. The van der Waals surface area contributed by atoms with Gasteiger partial charge in [0.25, 0.3) is 0 Å². The zero-order valence-electron chi connectivity index (χ0n) is 17.3. The maximum absolute atomic E-state index is 4.99. The Morgan fingerprint density at radius 3 is 1.57 bits per heavy atom. The van der Waals surface area contributed by atoms with Gasteiger partial charge in [-0.1, -0.05) is 104 Å². The molecule has 1 aliphatic rings. The van der Waals surface area contributed by atoms with Crippen molar-refractivity contribution in [2.45, 2.75) is 38.0 Å². The molecule has 1 saturated carbocycles. The van der Waals surface area contributed by atoms with Gasteiger partial charge in [-0.3, -0.25) is 0 Å². The fourth-order valence-corrected chi connectivity index (χ4v) is 4.59. The number of benzene rings is 3. The van der Waals surface area contributed by atoms with Gasteiger partial charge in [-0.15, -0.1) is 0 Å². The first-order valence-electron chi connectivity index (χ1n) is 11.1. The normalized spacial score (nSPS) is 14.5. The van der Waals surface area contributed by atoms with Gasteiger partial charge >= 0.3 is 0 Å². The van der Waals surface area contributed by atoms with E-state index in [9.17, 15) is 0 Å². The van der Waals surface area contributed by atoms with Gasteiger partial charge in [0.15, 0.2) is 0 Å². The summed E-state index contributed by atoms with van der Waals surface area (Å²) in [5.41, 5.74) is 8.31. The fourth-order valence-electron chi connectivity index (χ4n) is 4.59. The van der Waals surface area contributed by atoms with E-state index in [1.165, 1.54) is 48.8 Å². The van der Waals surface area contributed by atoms with E-state index in [2.05, 4.69) is 97.1 Å². The van der Waals surface area contributed by atoms with Crippen LogP contribution >= 0.6 is 0 Å². The second-order valence-corrected chi connectivity index (χ2v) is 8.32. The van der Waals surface area contributed by atoms with Gasteiger partial charge in [0.1, 0.15) is 0 Å². The van der Waals surface area contributed by atoms with Crippen molar-refractivity contribution in [1.82, 2.24) is 4.98 Å². The minimum Gasteiger partial charge on any atom is -0.248 e. The number of hydrogen-bond donors (Lipinski definition) is 0. The Labute approximate surface area is 179 Å². The molecule has 0 radical (unpaired) electrons. The van der Waals surface area contributed by atoms with Crippen molar-refractivity contribution in [2.24, 2.45) is 0 Å². The lowest BCUT2D eigenvalue weighted by atomic mass is 9.83. The predicted octanol–water partition coefficient (Wildman–Crippen LogP) is 8.13. The second kappa shape index (κ2) is 8.67. The van der Waals surface area contributed by atoms with E-state index >= 15 is 0 Å². The van der Waals surface area contributed by atoms with Crippen molar-refractivity contribution < 1.29 is 0 Å². The van der Waals surface area contributed by atoms with Gasteiger partial charge in [-0.05, 0) is 47.6 Å². The highest BCUT2D eigenvalue weighted by atomic mass is 14.7. The van der Waals surface area contributed by atoms with Crippen LogP contribution in [0.25, 0.3) is 33.6 Å². The lowest BCUT2D eigenvalue weighted by molar-refractivity contribution is 0.443. The number of pyridine rings is 1. The Balaban J connectivity index is 1.55. The van der Waals surface area contributed by atoms with Gasteiger partial charge in [0.05, 0.1) is 11.4 Å². The number of hydrogen-bond acceptors (Lipinski definition) is 1. The highest BCUT2D eigenvalue weighted by Gasteiger charge is 2.15. The summed E-state index contributed by atoms with van der Waals surface area (Å²) < 4.78 is 0. The van der Waals surface area contributed by atoms with E-state index in [1.54, 1.807) is 0 Å². The van der Waals surface area contributed by atoms with Gasteiger partial charge in [-0.2, -0.15) is 0 Å². The van der Waals surface area contributed by atoms with E-state index in [-0.39, 0.29) is 0 Å². The van der Waals surface area contributed by atoms with Gasteiger partial charge < -0.3 is 0 Å². The largest absolute Gasteiger partial charge is 0.248 e. The average molecular weight is 390 g/mol. The number of rotatable bonds is 4. The smallest absolute Gasteiger partial charge is 0.0715 e. The lowest BCUT2D eigenvalue weighted by Gasteiger charge is -2.22. The third kappa shape index (κ3) is 4.07. The molecule has 0 amide bonds. The quantitative estimate of drug-likeness (QED) is 0.343. The van der Waals surface area contributed by atoms with E-state index in [1.807, 2.05) is 0 Å². The van der Waals surface area contributed by atoms with Crippen molar-refractivity contribution >= 4 is 0 Å². The summed E-state index contributed by atoms with van der Waals surface area (Å²) in [6, 6.07) is 34.6. The third-order valence-electron chi connectivity index (χ3n) is 6.29. The Hall–Kier alpha value is -3.19. The standard InChI is InChI=1S/C29H27N/c1-4-10-22(11-5-1)23-16-18-24(19-17-23)27-20-28(25-12-6-2-7-13-25)30-29(21-27)26-14-8-3-9-15-26/h2-3,6-9,12-22H,1,4-5,10-11H2. The van der Waals surface area contributed by atoms with E-state index in [0.717, 1.165) is 28.4 Å². The molecule has 30 heavy (non-hydrogen) atoms. The maximum atomic E-state index is 4.99. The van der Waals surface area contributed by atoms with Crippen LogP contribution in [0.3, 0.4) is 0 Å². The fraction of sp³-hybridized carbons (Fsp3) is 0.207. The molecule has 3 aromatic carbocycles. The Morgan fingerprint density at radius 1 is 0.500 bits per heavy atom. The van der Waals surface area contributed by atoms with Crippen LogP contribution in [0.2, 0.25) is 0 Å². The van der Waals surface area contributed by atoms with Crippen LogP contribution < -0.4 is 0 Å². The summed E-state index contributed by atoms with van der Waals surface area (Å²) in [6.07, 6.45) is 6.82. The van der Waals surface area contributed by atoms with Crippen molar-refractivity contribution in [3.05, 3.63) is 103 Å². The highest BCUT2D eigenvalue weighted by molar-refractivity contribution is 5.76. The Morgan fingerprint density at radius 2 is 1.03 bits per heavy atom. The molecule has 148 valence electrons. The van der Waals surface area contributed by atoms with Crippen LogP contribution in [-0.4, -0.2) is 4.98 Å². The molecular weight excluding hydrogens is 362 g/mol. The molecule has 0 bridgehead atoms. The Kier molecular flexibility index (Phi) is 5.44. The minimum absolute atomic E-state index is 0.741. The maximum Gasteiger partial charge on any atom is 0.0715 e. The third-order valence-corrected chi connectivity index (χ3v) is 6.29. The summed E-state index contributed by atoms with van der Waals surface area (Å²) in [4.78, 5) is 4.99. The molecule has 5 rings (SSSR count). The number of aromatic nitrogens is 1. The van der Waals surface area contributed by atoms with Gasteiger partial charge in [0, 0.05) is 11.1 Å². The van der Waals surface area contributed by atoms with Crippen molar-refractivity contribution in [3.63, 3.8) is 0 Å². The molecular formula is C29H27N. The molecule has 1 aromatic heterocycles. The van der Waals surface area contributed by atoms with E-state index < -0.39 is 0 Å². The van der Waals surface area contributed by atoms with Crippen LogP contribution in [0.4, 0.5) is 0 Å². The molecule has 0 spiro atoms. The summed E-state index contributed by atoms with van der Waals surface area (Å²) in [5, 5.41) is 0. The summed E-state index contributed by atoms with van der Waals surface area (Å²) >= 11 is 0. The first-order chi connectivity index (χ1) is 14.9. The van der Waals surface area contributed by atoms with Crippen LogP contribution in [0, 0.1) is 0 Å². The van der Waals surface area contributed by atoms with Crippen LogP contribution in [0.15, 0.2) is 97.1 Å². The zero-order valence-corrected chi connectivity index (χ0v) is 17.3. The first-order valence-corrected chi connectivity index (χ1v) is 11.1. The molecule has 0 atom stereocenters. The molecule has 0 saturated heterocycles. The van der Waals surface area contributed by atoms with Crippen molar-refractivity contribution in [2.75, 3.05) is 0 Å². The summed E-state index contributed by atoms with van der Waals surface area (Å²) in [7, 11) is 0. The van der Waals surface area contributed by atoms with Crippen LogP contribution in [-0.2, 0) is 0 Å². The number of nitrogens with zero attached hydrogens (tertiary/aromatic N) is 1. The molecule has 0 N–H and O–H groups in total. The molecule has 1 heteroatoms. The van der Waals surface area contributed by atoms with Crippen LogP contribution in [0.1, 0.15) is 43.6 Å². The van der Waals surface area contributed by atoms with E-state index in [4.69, 9.17) is 4.98 Å². The van der Waals surface area contributed by atoms with E-state index in [0.29, 0.717) is 0 Å². The Bertz CT molecular complexity index is 1030. The first kappa shape index (κ1) is 18.8. The molecule has 0 unspecified atom stereocenters. The summed E-state index contributed by atoms with van der Waals surface area (Å²) in [5.74, 6) is 0.741. The average Bonchev–Trinajstić information content (AvgIpc) is 2.85. The molecule has 1 heterocycles. The van der Waals surface area contributed by atoms with Crippen molar-refractivity contribution in [3.8, 4) is 33.6 Å². The molecule has 1 aliphatic carbocycles. The monoisotopic (exact) mass is 389 g/mol. The summed E-state index contributed by atoms with van der Waals surface area (Å²) in [6.45, 7) is 0. The highest BCUT2D eigenvalue weighted by Crippen LogP contribution is 2.35. The van der Waals surface area contributed by atoms with Gasteiger partial charge in [-0.25, -0.2) is 4.98 Å². The topological polar surface area (TPSA) is 12.9 Å². The lowest BCUT2D eigenvalue weighted by Crippen LogP contribution is -2.04. The predicted molar refractivity (Wildman–Crippen MR) is 126 cm³/mol. The zero-order chi connectivity index (χ0) is 20.2. The SMILES string of the molecule is c1ccc(-c2cc(-c3ccc(C4CCCCC4)cc3)cc(-c3ccccc3)n2)cc1. The van der Waals surface area contributed by atoms with Crippen molar-refractivity contribution in [1.29, 1.82) is 0 Å². The van der Waals surface area contributed by atoms with Gasteiger partial charge in [0.2, 0.25) is 0 Å².